The largest absolute Gasteiger partial charge is 0.490 e. The average Bonchev–Trinajstić information content (AvgIpc) is 3.35. The molecule has 0 bridgehead atoms. The predicted octanol–water partition coefficient (Wildman–Crippen LogP) is 20.0. The van der Waals surface area contributed by atoms with Crippen molar-refractivity contribution in [3.8, 4) is 34.5 Å². The molecule has 0 aliphatic rings. The molecule has 4 aromatic rings. The van der Waals surface area contributed by atoms with Gasteiger partial charge in [-0.05, 0) is 107 Å². The summed E-state index contributed by atoms with van der Waals surface area (Å²) in [5, 5.41) is 6.77. The quantitative estimate of drug-likeness (QED) is 0.0325. The zero-order chi connectivity index (χ0) is 48.3. The van der Waals surface area contributed by atoms with E-state index in [1.165, 1.54) is 141 Å². The minimum atomic E-state index is 0.668. The van der Waals surface area contributed by atoms with E-state index in [2.05, 4.69) is 77.9 Å². The van der Waals surface area contributed by atoms with E-state index in [4.69, 9.17) is 28.4 Å². The molecule has 6 nitrogen and oxygen atoms in total. The van der Waals surface area contributed by atoms with E-state index >= 15 is 0 Å². The number of unbranched alkanes of at least 4 members (excludes halogenated alkanes) is 26. The smallest absolute Gasteiger partial charge is 0.161 e. The Balaban J connectivity index is 1.86. The van der Waals surface area contributed by atoms with Crippen LogP contribution in [0.25, 0.3) is 32.3 Å². The minimum Gasteiger partial charge on any atom is -0.490 e. The fraction of sp³-hybridized carbons (Fsp3) is 0.710. The highest BCUT2D eigenvalue weighted by Crippen LogP contribution is 2.47. The lowest BCUT2D eigenvalue weighted by Crippen LogP contribution is -2.05. The van der Waals surface area contributed by atoms with E-state index in [1.54, 1.807) is 0 Å². The molecule has 0 atom stereocenters. The van der Waals surface area contributed by atoms with Gasteiger partial charge in [0.25, 0.3) is 0 Å². The molecule has 0 amide bonds. The standard InChI is InChI=1S/C62H100O6/c1-7-13-19-25-27-29-31-37-43-67-61-49-55-53-47-59(65-41-35-23-17-11-5)57(63-39-33-21-15-9-3)45-51(53)52-46-58(64-40-34-22-16-10-4)60(66-42-36-24-18-12-6)48-54(52)56(55)50-62(61)68-44-38-32-30-28-26-20-14-8-2/h45-50H,7-44H2,1-6H3. The number of fused-ring (bicyclic) bond motifs is 6. The Kier molecular flexibility index (Phi) is 30.5. The molecule has 68 heavy (non-hydrogen) atoms. The van der Waals surface area contributed by atoms with E-state index in [0.29, 0.717) is 39.6 Å². The van der Waals surface area contributed by atoms with Crippen LogP contribution in [-0.2, 0) is 0 Å². The molecule has 6 heteroatoms. The normalized spacial score (nSPS) is 11.6. The van der Waals surface area contributed by atoms with Crippen LogP contribution < -0.4 is 28.4 Å². The van der Waals surface area contributed by atoms with Crippen molar-refractivity contribution in [1.29, 1.82) is 0 Å². The highest BCUT2D eigenvalue weighted by Gasteiger charge is 2.21. The van der Waals surface area contributed by atoms with E-state index < -0.39 is 0 Å². The van der Waals surface area contributed by atoms with Crippen LogP contribution in [0.4, 0.5) is 0 Å². The lowest BCUT2D eigenvalue weighted by Gasteiger charge is -2.21. The monoisotopic (exact) mass is 941 g/mol. The number of rotatable bonds is 44. The summed E-state index contributed by atoms with van der Waals surface area (Å²) in [5.41, 5.74) is 0. The van der Waals surface area contributed by atoms with Gasteiger partial charge in [-0.15, -0.1) is 0 Å². The average molecular weight is 941 g/mol. The van der Waals surface area contributed by atoms with Gasteiger partial charge in [0.2, 0.25) is 0 Å². The number of hydrogen-bond acceptors (Lipinski definition) is 6. The molecule has 0 unspecified atom stereocenters. The van der Waals surface area contributed by atoms with Gasteiger partial charge in [0.15, 0.2) is 34.5 Å². The van der Waals surface area contributed by atoms with Crippen LogP contribution in [0, 0.1) is 0 Å². The minimum absolute atomic E-state index is 0.668. The van der Waals surface area contributed by atoms with Gasteiger partial charge in [0, 0.05) is 0 Å². The maximum atomic E-state index is 6.80. The van der Waals surface area contributed by atoms with Crippen LogP contribution >= 0.6 is 0 Å². The summed E-state index contributed by atoms with van der Waals surface area (Å²) in [5.74, 6) is 4.94. The van der Waals surface area contributed by atoms with Gasteiger partial charge in [-0.3, -0.25) is 0 Å². The molecular formula is C62H100O6. The van der Waals surface area contributed by atoms with Crippen molar-refractivity contribution in [2.24, 2.45) is 0 Å². The Labute approximate surface area is 416 Å². The third kappa shape index (κ3) is 20.8. The highest BCUT2D eigenvalue weighted by atomic mass is 16.5. The first-order chi connectivity index (χ1) is 33.6. The Morgan fingerprint density at radius 2 is 0.324 bits per heavy atom. The Morgan fingerprint density at radius 3 is 0.485 bits per heavy atom. The number of hydrogen-bond donors (Lipinski definition) is 0. The van der Waals surface area contributed by atoms with Crippen molar-refractivity contribution in [3.05, 3.63) is 36.4 Å². The zero-order valence-corrected chi connectivity index (χ0v) is 44.8. The first-order valence-corrected chi connectivity index (χ1v) is 28.9. The van der Waals surface area contributed by atoms with Crippen LogP contribution in [0.5, 0.6) is 34.5 Å². The van der Waals surface area contributed by atoms with Gasteiger partial charge in [-0.25, -0.2) is 0 Å². The van der Waals surface area contributed by atoms with Crippen molar-refractivity contribution < 1.29 is 28.4 Å². The second kappa shape index (κ2) is 36.4. The Bertz CT molecular complexity index is 1770. The summed E-state index contributed by atoms with van der Waals surface area (Å²) in [6.45, 7) is 17.6. The van der Waals surface area contributed by atoms with Crippen LogP contribution in [0.2, 0.25) is 0 Å². The summed E-state index contributed by atoms with van der Waals surface area (Å²) in [4.78, 5) is 0. The van der Waals surface area contributed by atoms with Crippen molar-refractivity contribution in [3.63, 3.8) is 0 Å². The van der Waals surface area contributed by atoms with E-state index in [9.17, 15) is 0 Å². The first-order valence-electron chi connectivity index (χ1n) is 28.9. The summed E-state index contributed by atoms with van der Waals surface area (Å²) in [6.07, 6.45) is 38.7. The van der Waals surface area contributed by atoms with Gasteiger partial charge in [0.05, 0.1) is 39.6 Å². The predicted molar refractivity (Wildman–Crippen MR) is 294 cm³/mol. The molecule has 4 rings (SSSR count). The molecule has 0 heterocycles. The van der Waals surface area contributed by atoms with Gasteiger partial charge < -0.3 is 28.4 Å². The molecule has 0 radical (unpaired) electrons. The van der Waals surface area contributed by atoms with Gasteiger partial charge in [-0.2, -0.15) is 0 Å². The van der Waals surface area contributed by atoms with Crippen LogP contribution in [-0.4, -0.2) is 39.6 Å². The molecule has 0 aliphatic carbocycles. The maximum Gasteiger partial charge on any atom is 0.161 e. The topological polar surface area (TPSA) is 55.4 Å². The fourth-order valence-corrected chi connectivity index (χ4v) is 9.37. The van der Waals surface area contributed by atoms with E-state index in [0.717, 1.165) is 131 Å². The second-order valence-electron chi connectivity index (χ2n) is 19.8. The second-order valence-corrected chi connectivity index (χ2v) is 19.8. The highest BCUT2D eigenvalue weighted by molar-refractivity contribution is 6.26. The Morgan fingerprint density at radius 1 is 0.191 bits per heavy atom. The molecule has 0 aliphatic heterocycles. The molecule has 0 N–H and O–H groups in total. The summed E-state index contributed by atoms with van der Waals surface area (Å²) < 4.78 is 40.4. The van der Waals surface area contributed by atoms with Crippen molar-refractivity contribution in [2.45, 2.75) is 247 Å². The number of benzene rings is 4. The zero-order valence-electron chi connectivity index (χ0n) is 44.8. The van der Waals surface area contributed by atoms with Crippen molar-refractivity contribution in [1.82, 2.24) is 0 Å². The maximum absolute atomic E-state index is 6.80. The van der Waals surface area contributed by atoms with Gasteiger partial charge in [0.1, 0.15) is 0 Å². The molecule has 4 aromatic carbocycles. The summed E-state index contributed by atoms with van der Waals surface area (Å²) >= 11 is 0. The fourth-order valence-electron chi connectivity index (χ4n) is 9.37. The summed E-state index contributed by atoms with van der Waals surface area (Å²) in [6, 6.07) is 13.6. The molecule has 0 spiro atoms. The van der Waals surface area contributed by atoms with Gasteiger partial charge >= 0.3 is 0 Å². The molecule has 384 valence electrons. The first kappa shape index (κ1) is 57.0. The molecule has 0 fully saturated rings. The van der Waals surface area contributed by atoms with Crippen molar-refractivity contribution in [2.75, 3.05) is 39.6 Å². The summed E-state index contributed by atoms with van der Waals surface area (Å²) in [7, 11) is 0. The lowest BCUT2D eigenvalue weighted by molar-refractivity contribution is 0.259. The molecule has 0 saturated heterocycles. The van der Waals surface area contributed by atoms with Crippen molar-refractivity contribution >= 4 is 32.3 Å². The van der Waals surface area contributed by atoms with E-state index in [-0.39, 0.29) is 0 Å². The molecule has 0 saturated carbocycles. The van der Waals surface area contributed by atoms with E-state index in [1.807, 2.05) is 0 Å². The molecule has 0 aromatic heterocycles. The molecular weight excluding hydrogens is 841 g/mol. The third-order valence-corrected chi connectivity index (χ3v) is 13.7. The van der Waals surface area contributed by atoms with Crippen LogP contribution in [0.3, 0.4) is 0 Å². The van der Waals surface area contributed by atoms with Crippen LogP contribution in [0.1, 0.15) is 247 Å². The lowest BCUT2D eigenvalue weighted by atomic mass is 9.93. The van der Waals surface area contributed by atoms with Gasteiger partial charge in [-0.1, -0.05) is 208 Å². The Hall–Kier alpha value is -3.54. The third-order valence-electron chi connectivity index (χ3n) is 13.7. The SMILES string of the molecule is CCCCCCCCCCOc1cc2c3cc(OCCCCCC)c(OCCCCCC)cc3c3cc(OCCCCCC)c(OCCCCCC)cc3c2cc1OCCCCCCCCCC. The van der Waals surface area contributed by atoms with Crippen LogP contribution in [0.15, 0.2) is 36.4 Å². The number of ether oxygens (including phenoxy) is 6.